The number of rotatable bonds is 6. The van der Waals surface area contributed by atoms with Gasteiger partial charge in [0, 0.05) is 36.7 Å². The van der Waals surface area contributed by atoms with E-state index in [-0.39, 0.29) is 6.04 Å². The van der Waals surface area contributed by atoms with Gasteiger partial charge in [0.05, 0.1) is 6.20 Å². The molecule has 0 aliphatic heterocycles. The van der Waals surface area contributed by atoms with Crippen molar-refractivity contribution in [1.82, 2.24) is 25.1 Å². The molecule has 0 saturated heterocycles. The zero-order valence-corrected chi connectivity index (χ0v) is 10.9. The molecule has 0 saturated carbocycles. The summed E-state index contributed by atoms with van der Waals surface area (Å²) in [7, 11) is 0. The number of hydrogen-bond donors (Lipinski definition) is 1. The van der Waals surface area contributed by atoms with Crippen molar-refractivity contribution in [3.05, 3.63) is 42.2 Å². The molecule has 5 nitrogen and oxygen atoms in total. The van der Waals surface area contributed by atoms with E-state index >= 15 is 0 Å². The van der Waals surface area contributed by atoms with E-state index in [0.717, 1.165) is 25.1 Å². The second-order valence-electron chi connectivity index (χ2n) is 4.19. The van der Waals surface area contributed by atoms with Gasteiger partial charge >= 0.3 is 0 Å². The van der Waals surface area contributed by atoms with Gasteiger partial charge in [-0.3, -0.25) is 4.68 Å². The highest BCUT2D eigenvalue weighted by molar-refractivity contribution is 5.15. The van der Waals surface area contributed by atoms with Crippen LogP contribution in [0.1, 0.15) is 31.0 Å². The van der Waals surface area contributed by atoms with Gasteiger partial charge in [-0.05, 0) is 25.5 Å². The van der Waals surface area contributed by atoms with Gasteiger partial charge in [-0.2, -0.15) is 5.10 Å². The smallest absolute Gasteiger partial charge is 0.115 e. The SMILES string of the molecule is CCNC(Cc1cnn(CC)c1)c1cncnc1. The molecule has 1 unspecified atom stereocenters. The molecular weight excluding hydrogens is 226 g/mol. The number of nitrogens with zero attached hydrogens (tertiary/aromatic N) is 4. The fraction of sp³-hybridized carbons (Fsp3) is 0.462. The number of aromatic nitrogens is 4. The van der Waals surface area contributed by atoms with E-state index in [1.54, 1.807) is 6.33 Å². The lowest BCUT2D eigenvalue weighted by molar-refractivity contribution is 0.545. The average molecular weight is 245 g/mol. The van der Waals surface area contributed by atoms with Crippen LogP contribution < -0.4 is 5.32 Å². The Labute approximate surface area is 107 Å². The summed E-state index contributed by atoms with van der Waals surface area (Å²) in [6, 6.07) is 0.241. The fourth-order valence-electron chi connectivity index (χ4n) is 1.97. The Morgan fingerprint density at radius 3 is 2.61 bits per heavy atom. The zero-order chi connectivity index (χ0) is 12.8. The van der Waals surface area contributed by atoms with E-state index in [0.29, 0.717) is 0 Å². The molecule has 5 heteroatoms. The minimum absolute atomic E-state index is 0.241. The second kappa shape index (κ2) is 6.26. The zero-order valence-electron chi connectivity index (χ0n) is 10.9. The molecule has 0 fully saturated rings. The van der Waals surface area contributed by atoms with Crippen molar-refractivity contribution in [2.45, 2.75) is 32.9 Å². The summed E-state index contributed by atoms with van der Waals surface area (Å²) in [5.41, 5.74) is 2.34. The van der Waals surface area contributed by atoms with Crippen LogP contribution in [0, 0.1) is 0 Å². The van der Waals surface area contributed by atoms with Gasteiger partial charge in [-0.15, -0.1) is 0 Å². The molecule has 1 N–H and O–H groups in total. The van der Waals surface area contributed by atoms with Crippen molar-refractivity contribution in [2.24, 2.45) is 0 Å². The third kappa shape index (κ3) is 3.13. The summed E-state index contributed by atoms with van der Waals surface area (Å²) in [5, 5.41) is 7.76. The first-order chi connectivity index (χ1) is 8.83. The maximum Gasteiger partial charge on any atom is 0.115 e. The minimum atomic E-state index is 0.241. The van der Waals surface area contributed by atoms with E-state index in [4.69, 9.17) is 0 Å². The molecule has 18 heavy (non-hydrogen) atoms. The Morgan fingerprint density at radius 2 is 2.00 bits per heavy atom. The van der Waals surface area contributed by atoms with Gasteiger partial charge in [-0.1, -0.05) is 6.92 Å². The molecule has 2 rings (SSSR count). The standard InChI is InChI=1S/C13H19N5/c1-3-16-13(12-7-14-10-15-8-12)5-11-6-17-18(4-2)9-11/h6-10,13,16H,3-5H2,1-2H3. The number of hydrogen-bond acceptors (Lipinski definition) is 4. The fourth-order valence-corrected chi connectivity index (χ4v) is 1.97. The van der Waals surface area contributed by atoms with Crippen LogP contribution in [0.5, 0.6) is 0 Å². The van der Waals surface area contributed by atoms with Crippen molar-refractivity contribution in [2.75, 3.05) is 6.54 Å². The van der Waals surface area contributed by atoms with Gasteiger partial charge in [0.15, 0.2) is 0 Å². The predicted octanol–water partition coefficient (Wildman–Crippen LogP) is 1.59. The molecule has 2 aromatic rings. The van der Waals surface area contributed by atoms with Crippen LogP contribution in [0.15, 0.2) is 31.1 Å². The first kappa shape index (κ1) is 12.7. The number of aryl methyl sites for hydroxylation is 1. The average Bonchev–Trinajstić information content (AvgIpc) is 2.87. The molecule has 0 spiro atoms. The maximum absolute atomic E-state index is 4.30. The van der Waals surface area contributed by atoms with Crippen LogP contribution in [0.3, 0.4) is 0 Å². The molecule has 0 aromatic carbocycles. The van der Waals surface area contributed by atoms with E-state index in [2.05, 4.69) is 40.4 Å². The molecule has 96 valence electrons. The number of nitrogens with one attached hydrogen (secondary N) is 1. The lowest BCUT2D eigenvalue weighted by Crippen LogP contribution is -2.23. The highest BCUT2D eigenvalue weighted by Gasteiger charge is 2.12. The second-order valence-corrected chi connectivity index (χ2v) is 4.19. The molecule has 0 amide bonds. The molecule has 1 atom stereocenters. The van der Waals surface area contributed by atoms with Crippen LogP contribution >= 0.6 is 0 Å². The molecule has 0 radical (unpaired) electrons. The minimum Gasteiger partial charge on any atom is -0.310 e. The van der Waals surface area contributed by atoms with Crippen LogP contribution in [-0.2, 0) is 13.0 Å². The summed E-state index contributed by atoms with van der Waals surface area (Å²) in [4.78, 5) is 8.16. The maximum atomic E-state index is 4.30. The number of likely N-dealkylation sites (N-methyl/N-ethyl adjacent to an activating group) is 1. The quantitative estimate of drug-likeness (QED) is 0.839. The van der Waals surface area contributed by atoms with Crippen molar-refractivity contribution in [3.8, 4) is 0 Å². The predicted molar refractivity (Wildman–Crippen MR) is 70.1 cm³/mol. The monoisotopic (exact) mass is 245 g/mol. The van der Waals surface area contributed by atoms with Crippen LogP contribution in [-0.4, -0.2) is 26.3 Å². The molecule has 2 aromatic heterocycles. The summed E-state index contributed by atoms with van der Waals surface area (Å²) >= 11 is 0. The topological polar surface area (TPSA) is 55.6 Å². The van der Waals surface area contributed by atoms with Crippen molar-refractivity contribution in [3.63, 3.8) is 0 Å². The molecule has 0 aliphatic rings. The van der Waals surface area contributed by atoms with E-state index in [1.165, 1.54) is 5.56 Å². The Hall–Kier alpha value is -1.75. The highest BCUT2D eigenvalue weighted by atomic mass is 15.3. The summed E-state index contributed by atoms with van der Waals surface area (Å²) in [6.07, 6.45) is 10.2. The van der Waals surface area contributed by atoms with Gasteiger partial charge in [0.2, 0.25) is 0 Å². The third-order valence-electron chi connectivity index (χ3n) is 2.88. The van der Waals surface area contributed by atoms with Gasteiger partial charge < -0.3 is 5.32 Å². The van der Waals surface area contributed by atoms with Crippen molar-refractivity contribution < 1.29 is 0 Å². The first-order valence-electron chi connectivity index (χ1n) is 6.33. The van der Waals surface area contributed by atoms with Gasteiger partial charge in [0.1, 0.15) is 6.33 Å². The van der Waals surface area contributed by atoms with E-state index in [1.807, 2.05) is 23.3 Å². The molecular formula is C13H19N5. The summed E-state index contributed by atoms with van der Waals surface area (Å²) in [5.74, 6) is 0. The van der Waals surface area contributed by atoms with Crippen LogP contribution in [0.25, 0.3) is 0 Å². The Kier molecular flexibility index (Phi) is 4.41. The Morgan fingerprint density at radius 1 is 1.22 bits per heavy atom. The van der Waals surface area contributed by atoms with Gasteiger partial charge in [0.25, 0.3) is 0 Å². The largest absolute Gasteiger partial charge is 0.310 e. The first-order valence-corrected chi connectivity index (χ1v) is 6.33. The van der Waals surface area contributed by atoms with Gasteiger partial charge in [-0.25, -0.2) is 9.97 Å². The summed E-state index contributed by atoms with van der Waals surface area (Å²) < 4.78 is 1.94. The van der Waals surface area contributed by atoms with Crippen molar-refractivity contribution in [1.29, 1.82) is 0 Å². The molecule has 2 heterocycles. The summed E-state index contributed by atoms with van der Waals surface area (Å²) in [6.45, 7) is 6.01. The Balaban J connectivity index is 2.11. The van der Waals surface area contributed by atoms with Crippen molar-refractivity contribution >= 4 is 0 Å². The lowest BCUT2D eigenvalue weighted by atomic mass is 10.0. The Bertz CT molecular complexity index is 465. The lowest BCUT2D eigenvalue weighted by Gasteiger charge is -2.16. The highest BCUT2D eigenvalue weighted by Crippen LogP contribution is 2.16. The third-order valence-corrected chi connectivity index (χ3v) is 2.88. The normalized spacial score (nSPS) is 12.6. The molecule has 0 bridgehead atoms. The van der Waals surface area contributed by atoms with E-state index in [9.17, 15) is 0 Å². The molecule has 0 aliphatic carbocycles. The van der Waals surface area contributed by atoms with Crippen LogP contribution in [0.2, 0.25) is 0 Å². The van der Waals surface area contributed by atoms with E-state index < -0.39 is 0 Å². The van der Waals surface area contributed by atoms with Crippen LogP contribution in [0.4, 0.5) is 0 Å².